The molecular formula is C14H17ClN2OS. The minimum Gasteiger partial charge on any atom is -0.338 e. The molecule has 0 aliphatic rings. The van der Waals surface area contributed by atoms with Crippen molar-refractivity contribution in [2.45, 2.75) is 37.7 Å². The van der Waals surface area contributed by atoms with Gasteiger partial charge in [0.15, 0.2) is 5.82 Å². The van der Waals surface area contributed by atoms with Crippen molar-refractivity contribution >= 4 is 23.4 Å². The highest BCUT2D eigenvalue weighted by Crippen LogP contribution is 2.31. The van der Waals surface area contributed by atoms with Crippen molar-refractivity contribution in [1.29, 1.82) is 0 Å². The number of benzene rings is 1. The van der Waals surface area contributed by atoms with Gasteiger partial charge in [0, 0.05) is 16.7 Å². The predicted octanol–water partition coefficient (Wildman–Crippen LogP) is 4.84. The summed E-state index contributed by atoms with van der Waals surface area (Å²) < 4.78 is 5.29. The fourth-order valence-electron chi connectivity index (χ4n) is 1.57. The highest BCUT2D eigenvalue weighted by atomic mass is 35.5. The van der Waals surface area contributed by atoms with Crippen LogP contribution in [0.5, 0.6) is 0 Å². The fourth-order valence-corrected chi connectivity index (χ4v) is 2.64. The minimum atomic E-state index is 0.180. The number of rotatable bonds is 5. The molecule has 0 spiro atoms. The van der Waals surface area contributed by atoms with Crippen LogP contribution in [0, 0.1) is 0 Å². The van der Waals surface area contributed by atoms with Gasteiger partial charge in [-0.2, -0.15) is 4.98 Å². The Hall–Kier alpha value is -1.00. The lowest BCUT2D eigenvalue weighted by Gasteiger charge is -2.06. The van der Waals surface area contributed by atoms with Gasteiger partial charge in [0.25, 0.3) is 0 Å². The number of hydrogen-bond acceptors (Lipinski definition) is 4. The smallest absolute Gasteiger partial charge is 0.239 e. The zero-order valence-electron chi connectivity index (χ0n) is 11.3. The molecule has 1 aromatic heterocycles. The Morgan fingerprint density at radius 1 is 1.32 bits per heavy atom. The Labute approximate surface area is 122 Å². The van der Waals surface area contributed by atoms with Crippen molar-refractivity contribution in [3.05, 3.63) is 46.6 Å². The van der Waals surface area contributed by atoms with Crippen LogP contribution >= 0.6 is 23.4 Å². The van der Waals surface area contributed by atoms with Crippen molar-refractivity contribution in [3.8, 4) is 0 Å². The Bertz CT molecular complexity index is 542. The van der Waals surface area contributed by atoms with Crippen molar-refractivity contribution in [2.24, 2.45) is 0 Å². The van der Waals surface area contributed by atoms with Gasteiger partial charge in [-0.3, -0.25) is 0 Å². The number of nitrogens with zero attached hydrogens (tertiary/aromatic N) is 2. The van der Waals surface area contributed by atoms with Gasteiger partial charge in [-0.1, -0.05) is 42.7 Å². The Morgan fingerprint density at radius 2 is 2.11 bits per heavy atom. The Kier molecular flexibility index (Phi) is 4.88. The summed E-state index contributed by atoms with van der Waals surface area (Å²) in [5, 5.41) is 4.93. The average Bonchev–Trinajstić information content (AvgIpc) is 2.86. The van der Waals surface area contributed by atoms with Crippen molar-refractivity contribution < 1.29 is 4.52 Å². The van der Waals surface area contributed by atoms with Crippen molar-refractivity contribution in [3.63, 3.8) is 0 Å². The van der Waals surface area contributed by atoms with E-state index >= 15 is 0 Å². The molecule has 0 aliphatic carbocycles. The first-order chi connectivity index (χ1) is 9.06. The molecule has 102 valence electrons. The zero-order valence-corrected chi connectivity index (χ0v) is 12.8. The summed E-state index contributed by atoms with van der Waals surface area (Å²) in [6, 6.07) is 7.89. The SMILES string of the molecule is CC(C)c1noc([C@H](C)SCc2cccc(Cl)c2)n1. The van der Waals surface area contributed by atoms with E-state index in [0.29, 0.717) is 11.8 Å². The molecule has 0 saturated carbocycles. The number of hydrogen-bond donors (Lipinski definition) is 0. The van der Waals surface area contributed by atoms with E-state index in [4.69, 9.17) is 16.1 Å². The van der Waals surface area contributed by atoms with Crippen LogP contribution in [0.15, 0.2) is 28.8 Å². The van der Waals surface area contributed by atoms with E-state index in [0.717, 1.165) is 16.6 Å². The molecule has 1 heterocycles. The number of halogens is 1. The lowest BCUT2D eigenvalue weighted by Crippen LogP contribution is -1.93. The Morgan fingerprint density at radius 3 is 2.74 bits per heavy atom. The third-order valence-electron chi connectivity index (χ3n) is 2.71. The van der Waals surface area contributed by atoms with E-state index < -0.39 is 0 Å². The molecule has 19 heavy (non-hydrogen) atoms. The summed E-state index contributed by atoms with van der Waals surface area (Å²) in [4.78, 5) is 4.41. The van der Waals surface area contributed by atoms with E-state index in [1.54, 1.807) is 11.8 Å². The van der Waals surface area contributed by atoms with Crippen LogP contribution in [0.2, 0.25) is 5.02 Å². The predicted molar refractivity (Wildman–Crippen MR) is 79.5 cm³/mol. The molecule has 0 bridgehead atoms. The summed E-state index contributed by atoms with van der Waals surface area (Å²) in [6.45, 7) is 6.18. The molecular weight excluding hydrogens is 280 g/mol. The van der Waals surface area contributed by atoms with E-state index in [9.17, 15) is 0 Å². The summed E-state index contributed by atoms with van der Waals surface area (Å²) >= 11 is 7.73. The first-order valence-electron chi connectivity index (χ1n) is 6.26. The average molecular weight is 297 g/mol. The largest absolute Gasteiger partial charge is 0.338 e. The lowest BCUT2D eigenvalue weighted by atomic mass is 10.2. The maximum absolute atomic E-state index is 5.97. The third-order valence-corrected chi connectivity index (χ3v) is 4.15. The van der Waals surface area contributed by atoms with Crippen LogP contribution in [-0.4, -0.2) is 10.1 Å². The molecule has 3 nitrogen and oxygen atoms in total. The van der Waals surface area contributed by atoms with E-state index in [1.807, 2.05) is 18.2 Å². The topological polar surface area (TPSA) is 38.9 Å². The summed E-state index contributed by atoms with van der Waals surface area (Å²) in [7, 11) is 0. The highest BCUT2D eigenvalue weighted by molar-refractivity contribution is 7.98. The summed E-state index contributed by atoms with van der Waals surface area (Å²) in [5.41, 5.74) is 1.20. The lowest BCUT2D eigenvalue weighted by molar-refractivity contribution is 0.373. The van der Waals surface area contributed by atoms with Gasteiger partial charge in [-0.15, -0.1) is 11.8 Å². The molecule has 0 fully saturated rings. The molecule has 1 atom stereocenters. The second-order valence-electron chi connectivity index (χ2n) is 4.73. The molecule has 5 heteroatoms. The zero-order chi connectivity index (χ0) is 13.8. The molecule has 2 aromatic rings. The van der Waals surface area contributed by atoms with Crippen LogP contribution in [0.1, 0.15) is 49.2 Å². The van der Waals surface area contributed by atoms with E-state index in [1.165, 1.54) is 5.56 Å². The number of aromatic nitrogens is 2. The molecule has 0 N–H and O–H groups in total. The van der Waals surface area contributed by atoms with E-state index in [2.05, 4.69) is 37.0 Å². The quantitative estimate of drug-likeness (QED) is 0.791. The maximum Gasteiger partial charge on any atom is 0.239 e. The molecule has 0 aliphatic heterocycles. The monoisotopic (exact) mass is 296 g/mol. The van der Waals surface area contributed by atoms with Crippen molar-refractivity contribution in [1.82, 2.24) is 10.1 Å². The van der Waals surface area contributed by atoms with Crippen LogP contribution in [0.4, 0.5) is 0 Å². The molecule has 0 saturated heterocycles. The standard InChI is InChI=1S/C14H17ClN2OS/c1-9(2)13-16-14(18-17-13)10(3)19-8-11-5-4-6-12(15)7-11/h4-7,9-10H,8H2,1-3H3/t10-/m0/s1. The minimum absolute atomic E-state index is 0.180. The van der Waals surface area contributed by atoms with Crippen LogP contribution in [0.3, 0.4) is 0 Å². The van der Waals surface area contributed by atoms with Crippen LogP contribution in [-0.2, 0) is 5.75 Å². The van der Waals surface area contributed by atoms with Gasteiger partial charge in [-0.25, -0.2) is 0 Å². The molecule has 0 unspecified atom stereocenters. The molecule has 0 amide bonds. The van der Waals surface area contributed by atoms with Gasteiger partial charge in [0.05, 0.1) is 5.25 Å². The van der Waals surface area contributed by atoms with Gasteiger partial charge in [0.2, 0.25) is 5.89 Å². The van der Waals surface area contributed by atoms with Crippen LogP contribution < -0.4 is 0 Å². The third kappa shape index (κ3) is 3.98. The fraction of sp³-hybridized carbons (Fsp3) is 0.429. The van der Waals surface area contributed by atoms with Crippen LogP contribution in [0.25, 0.3) is 0 Å². The summed E-state index contributed by atoms with van der Waals surface area (Å²) in [6.07, 6.45) is 0. The first-order valence-corrected chi connectivity index (χ1v) is 7.68. The van der Waals surface area contributed by atoms with Gasteiger partial charge < -0.3 is 4.52 Å². The summed E-state index contributed by atoms with van der Waals surface area (Å²) in [5.74, 6) is 2.63. The molecule has 0 radical (unpaired) electrons. The Balaban J connectivity index is 1.95. The van der Waals surface area contributed by atoms with Gasteiger partial charge >= 0.3 is 0 Å². The first kappa shape index (κ1) is 14.4. The molecule has 2 rings (SSSR count). The second-order valence-corrected chi connectivity index (χ2v) is 6.49. The van der Waals surface area contributed by atoms with Gasteiger partial charge in [0.1, 0.15) is 0 Å². The second kappa shape index (κ2) is 6.44. The van der Waals surface area contributed by atoms with E-state index in [-0.39, 0.29) is 5.25 Å². The van der Waals surface area contributed by atoms with Crippen molar-refractivity contribution in [2.75, 3.05) is 0 Å². The normalized spacial score (nSPS) is 12.9. The molecule has 1 aromatic carbocycles. The highest BCUT2D eigenvalue weighted by Gasteiger charge is 2.16. The maximum atomic E-state index is 5.97. The number of thioether (sulfide) groups is 1. The van der Waals surface area contributed by atoms with Gasteiger partial charge in [-0.05, 0) is 24.6 Å².